The highest BCUT2D eigenvalue weighted by atomic mass is 16.6. The van der Waals surface area contributed by atoms with Crippen LogP contribution >= 0.6 is 0 Å². The second kappa shape index (κ2) is 4.15. The minimum absolute atomic E-state index is 0.298. The van der Waals surface area contributed by atoms with Gasteiger partial charge in [-0.05, 0) is 18.0 Å². The third kappa shape index (κ3) is 1.72. The van der Waals surface area contributed by atoms with Crippen molar-refractivity contribution in [2.45, 2.75) is 38.0 Å². The summed E-state index contributed by atoms with van der Waals surface area (Å²) in [7, 11) is 0. The average Bonchev–Trinajstić information content (AvgIpc) is 2.68. The van der Waals surface area contributed by atoms with Crippen LogP contribution < -0.4 is 0 Å². The minimum Gasteiger partial charge on any atom is -0.242 e. The maximum Gasteiger partial charge on any atom is 0.242 e. The van der Waals surface area contributed by atoms with Gasteiger partial charge in [-0.3, -0.25) is 0 Å². The van der Waals surface area contributed by atoms with Crippen LogP contribution in [0.25, 0.3) is 0 Å². The molecule has 0 unspecified atom stereocenters. The van der Waals surface area contributed by atoms with Crippen molar-refractivity contribution in [3.05, 3.63) is 5.69 Å². The van der Waals surface area contributed by atoms with E-state index in [2.05, 4.69) is 19.9 Å². The van der Waals surface area contributed by atoms with E-state index >= 15 is 0 Å². The van der Waals surface area contributed by atoms with E-state index in [1.165, 1.54) is 25.3 Å². The smallest absolute Gasteiger partial charge is 0.242 e. The van der Waals surface area contributed by atoms with Crippen molar-refractivity contribution in [2.75, 3.05) is 0 Å². The predicted molar refractivity (Wildman–Crippen MR) is 47.9 cm³/mol. The quantitative estimate of drug-likeness (QED) is 0.532. The lowest BCUT2D eigenvalue weighted by atomic mass is 9.87. The molecule has 1 saturated carbocycles. The van der Waals surface area contributed by atoms with Crippen molar-refractivity contribution < 1.29 is 9.42 Å². The van der Waals surface area contributed by atoms with Gasteiger partial charge >= 0.3 is 0 Å². The van der Waals surface area contributed by atoms with Crippen LogP contribution in [0.5, 0.6) is 0 Å². The molecule has 1 aliphatic carbocycles. The van der Waals surface area contributed by atoms with Gasteiger partial charge in [-0.25, -0.2) is 9.42 Å². The number of aromatic nitrogens is 2. The Morgan fingerprint density at radius 2 is 2.07 bits per heavy atom. The predicted octanol–water partition coefficient (Wildman–Crippen LogP) is 2.08. The fourth-order valence-corrected chi connectivity index (χ4v) is 1.94. The van der Waals surface area contributed by atoms with Gasteiger partial charge in [0.25, 0.3) is 0 Å². The molecule has 0 radical (unpaired) electrons. The number of nitrogens with zero attached hydrogens (tertiary/aromatic N) is 3. The molecule has 0 aliphatic heterocycles. The van der Waals surface area contributed by atoms with E-state index in [4.69, 9.17) is 0 Å². The monoisotopic (exact) mass is 193 g/mol. The van der Waals surface area contributed by atoms with Gasteiger partial charge < -0.3 is 0 Å². The summed E-state index contributed by atoms with van der Waals surface area (Å²) in [6.07, 6.45) is 7.28. The van der Waals surface area contributed by atoms with Gasteiger partial charge in [0.05, 0.1) is 0 Å². The van der Waals surface area contributed by atoms with Crippen molar-refractivity contribution >= 4 is 11.9 Å². The molecule has 0 aromatic carbocycles. The van der Waals surface area contributed by atoms with Crippen molar-refractivity contribution in [1.82, 2.24) is 10.3 Å². The van der Waals surface area contributed by atoms with E-state index < -0.39 is 0 Å². The summed E-state index contributed by atoms with van der Waals surface area (Å²) in [5, 5.41) is 7.37. The molecule has 1 aromatic rings. The summed E-state index contributed by atoms with van der Waals surface area (Å²) in [6.45, 7) is 0. The molecule has 1 fully saturated rings. The fraction of sp³-hybridized carbons (Fsp3) is 0.667. The summed E-state index contributed by atoms with van der Waals surface area (Å²) < 4.78 is 4.58. The zero-order valence-electron chi connectivity index (χ0n) is 7.77. The van der Waals surface area contributed by atoms with Gasteiger partial charge in [0.15, 0.2) is 0 Å². The maximum atomic E-state index is 10.1. The summed E-state index contributed by atoms with van der Waals surface area (Å²) >= 11 is 0. The second-order valence-corrected chi connectivity index (χ2v) is 3.51. The van der Waals surface area contributed by atoms with E-state index in [-0.39, 0.29) is 0 Å². The van der Waals surface area contributed by atoms with Crippen LogP contribution in [0.4, 0.5) is 5.82 Å². The molecule has 2 rings (SSSR count). The molecular weight excluding hydrogens is 182 g/mol. The summed E-state index contributed by atoms with van der Waals surface area (Å²) in [6, 6.07) is 0. The first-order valence-corrected chi connectivity index (χ1v) is 4.82. The topological polar surface area (TPSA) is 68.3 Å². The summed E-state index contributed by atoms with van der Waals surface area (Å²) in [5.41, 5.74) is 0.716. The number of hydrogen-bond donors (Lipinski definition) is 0. The van der Waals surface area contributed by atoms with Gasteiger partial charge in [-0.2, -0.15) is 0 Å². The maximum absolute atomic E-state index is 10.1. The van der Waals surface area contributed by atoms with Crippen molar-refractivity contribution in [2.24, 2.45) is 4.99 Å². The largest absolute Gasteiger partial charge is 0.242 e. The second-order valence-electron chi connectivity index (χ2n) is 3.51. The van der Waals surface area contributed by atoms with Gasteiger partial charge in [0.2, 0.25) is 11.9 Å². The SMILES string of the molecule is O=C=Nc1nonc1C1CCCCC1. The van der Waals surface area contributed by atoms with Crippen LogP contribution in [0.2, 0.25) is 0 Å². The third-order valence-corrected chi connectivity index (χ3v) is 2.64. The summed E-state index contributed by atoms with van der Waals surface area (Å²) in [5.74, 6) is 0.647. The molecule has 5 heteroatoms. The number of carbonyl (C=O) groups excluding carboxylic acids is 1. The minimum atomic E-state index is 0.298. The Hall–Kier alpha value is -1.48. The van der Waals surface area contributed by atoms with Crippen LogP contribution in [0, 0.1) is 0 Å². The van der Waals surface area contributed by atoms with Crippen LogP contribution in [-0.2, 0) is 4.79 Å². The van der Waals surface area contributed by atoms with E-state index in [0.29, 0.717) is 17.4 Å². The number of rotatable bonds is 2. The average molecular weight is 193 g/mol. The van der Waals surface area contributed by atoms with E-state index in [1.54, 1.807) is 0 Å². The molecule has 0 bridgehead atoms. The van der Waals surface area contributed by atoms with E-state index in [9.17, 15) is 4.79 Å². The molecule has 0 spiro atoms. The number of aliphatic imine (C=N–C) groups is 1. The lowest BCUT2D eigenvalue weighted by Crippen LogP contribution is -2.04. The molecule has 0 atom stereocenters. The third-order valence-electron chi connectivity index (χ3n) is 2.64. The van der Waals surface area contributed by atoms with Crippen molar-refractivity contribution in [3.63, 3.8) is 0 Å². The lowest BCUT2D eigenvalue weighted by molar-refractivity contribution is 0.297. The van der Waals surface area contributed by atoms with Crippen LogP contribution in [-0.4, -0.2) is 16.4 Å². The Bertz CT molecular complexity index is 349. The highest BCUT2D eigenvalue weighted by molar-refractivity contribution is 5.46. The molecule has 14 heavy (non-hydrogen) atoms. The highest BCUT2D eigenvalue weighted by Gasteiger charge is 2.22. The molecule has 1 aromatic heterocycles. The molecular formula is C9H11N3O2. The Balaban J connectivity index is 2.21. The van der Waals surface area contributed by atoms with E-state index in [1.807, 2.05) is 0 Å². The molecule has 0 saturated heterocycles. The molecule has 5 nitrogen and oxygen atoms in total. The van der Waals surface area contributed by atoms with Gasteiger partial charge in [0.1, 0.15) is 5.69 Å². The molecule has 74 valence electrons. The number of isocyanates is 1. The summed E-state index contributed by atoms with van der Waals surface area (Å²) in [4.78, 5) is 13.6. The first kappa shape index (κ1) is 9.09. The van der Waals surface area contributed by atoms with Gasteiger partial charge in [-0.1, -0.05) is 24.4 Å². The zero-order valence-corrected chi connectivity index (χ0v) is 7.77. The van der Waals surface area contributed by atoms with E-state index in [0.717, 1.165) is 12.8 Å². The molecule has 1 aliphatic rings. The van der Waals surface area contributed by atoms with Crippen molar-refractivity contribution in [1.29, 1.82) is 0 Å². The Morgan fingerprint density at radius 1 is 1.29 bits per heavy atom. The van der Waals surface area contributed by atoms with Crippen LogP contribution in [0.1, 0.15) is 43.7 Å². The first-order valence-electron chi connectivity index (χ1n) is 4.82. The van der Waals surface area contributed by atoms with Gasteiger partial charge in [0, 0.05) is 5.92 Å². The first-order chi connectivity index (χ1) is 6.92. The standard InChI is InChI=1S/C9H11N3O2/c13-6-10-9-8(11-14-12-9)7-4-2-1-3-5-7/h7H,1-5H2. The Labute approximate surface area is 81.2 Å². The van der Waals surface area contributed by atoms with Crippen LogP contribution in [0.3, 0.4) is 0 Å². The molecule has 0 amide bonds. The van der Waals surface area contributed by atoms with Gasteiger partial charge in [-0.15, -0.1) is 4.99 Å². The zero-order chi connectivity index (χ0) is 9.80. The Morgan fingerprint density at radius 3 is 2.79 bits per heavy atom. The normalized spacial score (nSPS) is 17.7. The van der Waals surface area contributed by atoms with Crippen LogP contribution in [0.15, 0.2) is 9.62 Å². The number of hydrogen-bond acceptors (Lipinski definition) is 5. The Kier molecular flexibility index (Phi) is 2.70. The molecule has 1 heterocycles. The van der Waals surface area contributed by atoms with Crippen molar-refractivity contribution in [3.8, 4) is 0 Å². The lowest BCUT2D eigenvalue weighted by Gasteiger charge is -2.18. The fourth-order valence-electron chi connectivity index (χ4n) is 1.94. The highest BCUT2D eigenvalue weighted by Crippen LogP contribution is 2.35. The molecule has 0 N–H and O–H groups in total.